The molecule has 0 heteroatoms. The molecule has 0 unspecified atom stereocenters. The summed E-state index contributed by atoms with van der Waals surface area (Å²) in [5.74, 6) is 0. The van der Waals surface area contributed by atoms with E-state index in [4.69, 9.17) is 0 Å². The Balaban J connectivity index is 2.81. The molecule has 0 aromatic heterocycles. The fourth-order valence-electron chi connectivity index (χ4n) is 2.70. The molecule has 0 saturated carbocycles. The predicted molar refractivity (Wildman–Crippen MR) is 91.5 cm³/mol. The maximum atomic E-state index is 3.75. The van der Waals surface area contributed by atoms with Crippen LogP contribution in [0.4, 0.5) is 0 Å². The highest BCUT2D eigenvalue weighted by Gasteiger charge is 2.26. The second-order valence-corrected chi connectivity index (χ2v) is 6.48. The van der Waals surface area contributed by atoms with Crippen LogP contribution in [0.2, 0.25) is 0 Å². The van der Waals surface area contributed by atoms with Crippen LogP contribution in [0, 0.1) is 12.3 Å². The molecule has 0 aromatic rings. The molecule has 0 amide bonds. The molecule has 1 rings (SSSR count). The summed E-state index contributed by atoms with van der Waals surface area (Å²) in [5, 5.41) is 0. The molecule has 1 radical (unpaired) electrons. The lowest BCUT2D eigenvalue weighted by Crippen LogP contribution is -2.19. The van der Waals surface area contributed by atoms with E-state index < -0.39 is 0 Å². The van der Waals surface area contributed by atoms with Gasteiger partial charge in [0.1, 0.15) is 0 Å². The van der Waals surface area contributed by atoms with Crippen LogP contribution >= 0.6 is 0 Å². The molecule has 0 fully saturated rings. The molecular formula is C20H29. The highest BCUT2D eigenvalue weighted by molar-refractivity contribution is 5.37. The van der Waals surface area contributed by atoms with Crippen molar-refractivity contribution in [3.05, 3.63) is 65.7 Å². The lowest BCUT2D eigenvalue weighted by atomic mass is 9.72. The normalized spacial score (nSPS) is 21.3. The van der Waals surface area contributed by atoms with E-state index in [2.05, 4.69) is 71.9 Å². The van der Waals surface area contributed by atoms with Gasteiger partial charge in [0.25, 0.3) is 0 Å². The van der Waals surface area contributed by atoms with Crippen LogP contribution in [0.25, 0.3) is 0 Å². The third kappa shape index (κ3) is 5.00. The van der Waals surface area contributed by atoms with E-state index in [-0.39, 0.29) is 0 Å². The molecule has 109 valence electrons. The second kappa shape index (κ2) is 7.47. The predicted octanol–water partition coefficient (Wildman–Crippen LogP) is 6.35. The van der Waals surface area contributed by atoms with Crippen molar-refractivity contribution in [1.29, 1.82) is 0 Å². The monoisotopic (exact) mass is 269 g/mol. The summed E-state index contributed by atoms with van der Waals surface area (Å²) < 4.78 is 0. The fourth-order valence-corrected chi connectivity index (χ4v) is 2.70. The van der Waals surface area contributed by atoms with Crippen molar-refractivity contribution in [3.8, 4) is 0 Å². The fraction of sp³-hybridized carbons (Fsp3) is 0.450. The number of allylic oxidation sites excluding steroid dienone is 10. The molecule has 0 aromatic carbocycles. The van der Waals surface area contributed by atoms with E-state index in [1.54, 1.807) is 5.57 Å². The Morgan fingerprint density at radius 3 is 2.45 bits per heavy atom. The number of hydrogen-bond acceptors (Lipinski definition) is 0. The SMILES string of the molecule is [CH2]C=C(C)C=CC=C(C)C=CC1=C(C)CCCC1(C)C. The maximum absolute atomic E-state index is 3.75. The van der Waals surface area contributed by atoms with Gasteiger partial charge in [-0.05, 0) is 57.9 Å². The van der Waals surface area contributed by atoms with Gasteiger partial charge < -0.3 is 0 Å². The maximum Gasteiger partial charge on any atom is -0.0104 e. The molecule has 1 aliphatic carbocycles. The van der Waals surface area contributed by atoms with E-state index in [9.17, 15) is 0 Å². The van der Waals surface area contributed by atoms with Gasteiger partial charge in [0.2, 0.25) is 0 Å². The van der Waals surface area contributed by atoms with Crippen LogP contribution in [-0.4, -0.2) is 0 Å². The molecule has 0 nitrogen and oxygen atoms in total. The van der Waals surface area contributed by atoms with Crippen molar-refractivity contribution in [3.63, 3.8) is 0 Å². The number of hydrogen-bond donors (Lipinski definition) is 0. The van der Waals surface area contributed by atoms with Gasteiger partial charge >= 0.3 is 0 Å². The zero-order chi connectivity index (χ0) is 15.2. The highest BCUT2D eigenvalue weighted by atomic mass is 14.3. The lowest BCUT2D eigenvalue weighted by molar-refractivity contribution is 0.377. The molecule has 0 aliphatic heterocycles. The summed E-state index contributed by atoms with van der Waals surface area (Å²) in [5.41, 5.74) is 5.86. The molecule has 20 heavy (non-hydrogen) atoms. The van der Waals surface area contributed by atoms with Crippen molar-refractivity contribution >= 4 is 0 Å². The smallest absolute Gasteiger partial charge is 0.0104 e. The first-order valence-electron chi connectivity index (χ1n) is 7.56. The first-order valence-corrected chi connectivity index (χ1v) is 7.56. The molecule has 0 bridgehead atoms. The average molecular weight is 269 g/mol. The zero-order valence-electron chi connectivity index (χ0n) is 13.8. The average Bonchev–Trinajstić information content (AvgIpc) is 2.37. The van der Waals surface area contributed by atoms with Crippen molar-refractivity contribution in [2.45, 2.75) is 53.9 Å². The van der Waals surface area contributed by atoms with Gasteiger partial charge in [-0.15, -0.1) is 0 Å². The van der Waals surface area contributed by atoms with Gasteiger partial charge in [-0.25, -0.2) is 0 Å². The minimum Gasteiger partial charge on any atom is -0.0813 e. The Morgan fingerprint density at radius 1 is 1.15 bits per heavy atom. The Hall–Kier alpha value is -1.30. The summed E-state index contributed by atoms with van der Waals surface area (Å²) in [7, 11) is 0. The van der Waals surface area contributed by atoms with Crippen LogP contribution in [-0.2, 0) is 0 Å². The van der Waals surface area contributed by atoms with Crippen LogP contribution < -0.4 is 0 Å². The second-order valence-electron chi connectivity index (χ2n) is 6.48. The number of rotatable bonds is 4. The minimum absolute atomic E-state index is 0.322. The van der Waals surface area contributed by atoms with Crippen LogP contribution in [0.15, 0.2) is 58.7 Å². The topological polar surface area (TPSA) is 0 Å². The van der Waals surface area contributed by atoms with Gasteiger partial charge in [-0.3, -0.25) is 0 Å². The summed E-state index contributed by atoms with van der Waals surface area (Å²) in [4.78, 5) is 0. The minimum atomic E-state index is 0.322. The molecule has 1 aliphatic rings. The van der Waals surface area contributed by atoms with E-state index >= 15 is 0 Å². The van der Waals surface area contributed by atoms with E-state index in [1.165, 1.54) is 36.0 Å². The first kappa shape index (κ1) is 16.8. The third-order valence-corrected chi connectivity index (χ3v) is 4.10. The summed E-state index contributed by atoms with van der Waals surface area (Å²) in [6, 6.07) is 0. The highest BCUT2D eigenvalue weighted by Crippen LogP contribution is 2.40. The van der Waals surface area contributed by atoms with Gasteiger partial charge in [-0.1, -0.05) is 67.0 Å². The molecule has 0 heterocycles. The summed E-state index contributed by atoms with van der Waals surface area (Å²) in [6.07, 6.45) is 16.6. The Kier molecular flexibility index (Phi) is 6.26. The van der Waals surface area contributed by atoms with Gasteiger partial charge in [0.05, 0.1) is 0 Å². The Bertz CT molecular complexity index is 476. The van der Waals surface area contributed by atoms with Gasteiger partial charge in [-0.2, -0.15) is 0 Å². The van der Waals surface area contributed by atoms with Crippen molar-refractivity contribution in [2.75, 3.05) is 0 Å². The Labute approximate surface area is 125 Å². The van der Waals surface area contributed by atoms with Crippen molar-refractivity contribution < 1.29 is 0 Å². The van der Waals surface area contributed by atoms with Gasteiger partial charge in [0.15, 0.2) is 0 Å². The summed E-state index contributed by atoms with van der Waals surface area (Å²) in [6.45, 7) is 15.0. The molecular weight excluding hydrogens is 240 g/mol. The van der Waals surface area contributed by atoms with Crippen LogP contribution in [0.1, 0.15) is 53.9 Å². The lowest BCUT2D eigenvalue weighted by Gasteiger charge is -2.32. The third-order valence-electron chi connectivity index (χ3n) is 4.10. The molecule has 0 atom stereocenters. The zero-order valence-corrected chi connectivity index (χ0v) is 13.8. The first-order chi connectivity index (χ1) is 9.36. The van der Waals surface area contributed by atoms with Crippen LogP contribution in [0.3, 0.4) is 0 Å². The van der Waals surface area contributed by atoms with E-state index in [1.807, 2.05) is 6.08 Å². The Morgan fingerprint density at radius 2 is 1.85 bits per heavy atom. The standard InChI is InChI=1S/C20H29/c1-7-16(2)10-8-11-17(3)13-14-19-18(4)12-9-15-20(19,5)6/h7-8,10-11,13-14H,1,9,12,15H2,2-6H3. The largest absolute Gasteiger partial charge is 0.0813 e. The molecule has 0 spiro atoms. The quantitative estimate of drug-likeness (QED) is 0.521. The van der Waals surface area contributed by atoms with Crippen LogP contribution in [0.5, 0.6) is 0 Å². The summed E-state index contributed by atoms with van der Waals surface area (Å²) >= 11 is 0. The van der Waals surface area contributed by atoms with E-state index in [0.29, 0.717) is 5.41 Å². The molecule has 0 N–H and O–H groups in total. The molecule has 0 saturated heterocycles. The van der Waals surface area contributed by atoms with E-state index in [0.717, 1.165) is 0 Å². The van der Waals surface area contributed by atoms with Crippen molar-refractivity contribution in [2.24, 2.45) is 5.41 Å². The van der Waals surface area contributed by atoms with Gasteiger partial charge in [0, 0.05) is 0 Å². The van der Waals surface area contributed by atoms with Crippen molar-refractivity contribution in [1.82, 2.24) is 0 Å².